The smallest absolute Gasteiger partial charge is 0.320 e. The van der Waals surface area contributed by atoms with Gasteiger partial charge >= 0.3 is 6.03 Å². The minimum atomic E-state index is 0.213. The van der Waals surface area contributed by atoms with Gasteiger partial charge in [-0.3, -0.25) is 4.90 Å². The second-order valence-corrected chi connectivity index (χ2v) is 8.37. The van der Waals surface area contributed by atoms with E-state index in [1.54, 1.807) is 6.26 Å². The number of carbonyl (C=O) groups excluding carboxylic acids is 1. The van der Waals surface area contributed by atoms with Crippen molar-refractivity contribution in [1.29, 1.82) is 0 Å². The number of piperidine rings is 1. The van der Waals surface area contributed by atoms with E-state index in [2.05, 4.69) is 22.8 Å². The Morgan fingerprint density at radius 2 is 2.00 bits per heavy atom. The molecule has 4 rings (SSSR count). The first kappa shape index (κ1) is 18.6. The van der Waals surface area contributed by atoms with Crippen LogP contribution in [-0.2, 0) is 4.74 Å². The highest BCUT2D eigenvalue weighted by atomic mass is 16.5. The average molecular weight is 373 g/mol. The molecule has 2 amide bonds. The summed E-state index contributed by atoms with van der Waals surface area (Å²) in [6.07, 6.45) is 7.38. The molecule has 1 aromatic heterocycles. The number of carbonyl (C=O) groups is 1. The third-order valence-electron chi connectivity index (χ3n) is 6.14. The lowest BCUT2D eigenvalue weighted by Gasteiger charge is -2.42. The number of hydrogen-bond acceptors (Lipinski definition) is 4. The van der Waals surface area contributed by atoms with Crippen LogP contribution in [0, 0.1) is 5.41 Å². The van der Waals surface area contributed by atoms with Crippen LogP contribution in [-0.4, -0.2) is 79.8 Å². The van der Waals surface area contributed by atoms with Crippen molar-refractivity contribution in [1.82, 2.24) is 14.7 Å². The van der Waals surface area contributed by atoms with Gasteiger partial charge in [-0.05, 0) is 50.9 Å². The van der Waals surface area contributed by atoms with Crippen LogP contribution in [0.3, 0.4) is 0 Å². The summed E-state index contributed by atoms with van der Waals surface area (Å²) in [5.41, 5.74) is 1.59. The van der Waals surface area contributed by atoms with E-state index >= 15 is 0 Å². The van der Waals surface area contributed by atoms with Gasteiger partial charge in [-0.2, -0.15) is 0 Å². The Morgan fingerprint density at radius 3 is 2.78 bits per heavy atom. The highest BCUT2D eigenvalue weighted by molar-refractivity contribution is 5.74. The summed E-state index contributed by atoms with van der Waals surface area (Å²) >= 11 is 0. The summed E-state index contributed by atoms with van der Waals surface area (Å²) in [5.74, 6) is 0.918. The highest BCUT2D eigenvalue weighted by Gasteiger charge is 2.43. The summed E-state index contributed by atoms with van der Waals surface area (Å²) < 4.78 is 10.8. The number of morpholine rings is 1. The Hall–Kier alpha value is -1.79. The van der Waals surface area contributed by atoms with Gasteiger partial charge in [0, 0.05) is 44.7 Å². The monoisotopic (exact) mass is 373 g/mol. The minimum Gasteiger partial charge on any atom is -0.465 e. The van der Waals surface area contributed by atoms with E-state index in [0.717, 1.165) is 58.0 Å². The predicted molar refractivity (Wildman–Crippen MR) is 104 cm³/mol. The zero-order valence-electron chi connectivity index (χ0n) is 16.4. The van der Waals surface area contributed by atoms with Gasteiger partial charge in [0.15, 0.2) is 0 Å². The molecule has 0 unspecified atom stereocenters. The van der Waals surface area contributed by atoms with Crippen molar-refractivity contribution in [3.8, 4) is 0 Å². The van der Waals surface area contributed by atoms with Gasteiger partial charge in [0.2, 0.25) is 0 Å². The van der Waals surface area contributed by atoms with Crippen LogP contribution in [0.15, 0.2) is 28.4 Å². The molecule has 1 atom stereocenters. The maximum absolute atomic E-state index is 12.9. The van der Waals surface area contributed by atoms with Crippen LogP contribution >= 0.6 is 0 Å². The van der Waals surface area contributed by atoms with Gasteiger partial charge in [0.1, 0.15) is 5.76 Å². The molecular formula is C21H31N3O3. The van der Waals surface area contributed by atoms with Gasteiger partial charge < -0.3 is 19.0 Å². The van der Waals surface area contributed by atoms with Crippen LogP contribution in [0.4, 0.5) is 4.79 Å². The molecule has 3 aliphatic heterocycles. The largest absolute Gasteiger partial charge is 0.465 e. The van der Waals surface area contributed by atoms with Crippen LogP contribution in [0.2, 0.25) is 0 Å². The molecule has 27 heavy (non-hydrogen) atoms. The number of amides is 2. The number of furan rings is 1. The van der Waals surface area contributed by atoms with E-state index in [1.165, 1.54) is 18.4 Å². The SMILES string of the molecule is C/C(=C\c1ccco1)CN1CC[C@]2(CCCN(C(=O)N3CCOCC3)C2)C1. The molecule has 1 aromatic rings. The third-order valence-corrected chi connectivity index (χ3v) is 6.14. The molecule has 6 nitrogen and oxygen atoms in total. The number of rotatable bonds is 3. The lowest BCUT2D eigenvalue weighted by molar-refractivity contribution is 0.0320. The van der Waals surface area contributed by atoms with Crippen molar-refractivity contribution in [2.24, 2.45) is 5.41 Å². The lowest BCUT2D eigenvalue weighted by atomic mass is 9.79. The average Bonchev–Trinajstić information content (AvgIpc) is 3.32. The molecular weight excluding hydrogens is 342 g/mol. The second kappa shape index (κ2) is 8.07. The molecule has 148 valence electrons. The van der Waals surface area contributed by atoms with E-state index in [9.17, 15) is 4.79 Å². The van der Waals surface area contributed by atoms with Crippen LogP contribution in [0.1, 0.15) is 31.9 Å². The van der Waals surface area contributed by atoms with Gasteiger partial charge in [0.05, 0.1) is 19.5 Å². The molecule has 0 saturated carbocycles. The number of ether oxygens (including phenoxy) is 1. The van der Waals surface area contributed by atoms with Crippen molar-refractivity contribution in [3.05, 3.63) is 29.7 Å². The standard InChI is InChI=1S/C21H31N3O3/c1-18(14-19-4-2-11-27-19)15-22-8-6-21(16-22)5-3-7-24(17-21)20(25)23-9-12-26-13-10-23/h2,4,11,14H,3,5-10,12-13,15-17H2,1H3/b18-14+/t21-/m1/s1. The highest BCUT2D eigenvalue weighted by Crippen LogP contribution is 2.39. The summed E-state index contributed by atoms with van der Waals surface area (Å²) in [4.78, 5) is 19.5. The predicted octanol–water partition coefficient (Wildman–Crippen LogP) is 2.92. The van der Waals surface area contributed by atoms with E-state index in [4.69, 9.17) is 9.15 Å². The van der Waals surface area contributed by atoms with E-state index in [1.807, 2.05) is 17.0 Å². The quantitative estimate of drug-likeness (QED) is 0.817. The summed E-state index contributed by atoms with van der Waals surface area (Å²) in [7, 11) is 0. The normalized spacial score (nSPS) is 27.5. The van der Waals surface area contributed by atoms with Crippen molar-refractivity contribution < 1.29 is 13.9 Å². The Labute approximate surface area is 161 Å². The third kappa shape index (κ3) is 4.38. The molecule has 0 radical (unpaired) electrons. The first-order chi connectivity index (χ1) is 13.1. The van der Waals surface area contributed by atoms with Crippen molar-refractivity contribution in [3.63, 3.8) is 0 Å². The maximum Gasteiger partial charge on any atom is 0.320 e. The fourth-order valence-electron chi connectivity index (χ4n) is 4.84. The van der Waals surface area contributed by atoms with E-state index in [-0.39, 0.29) is 11.4 Å². The topological polar surface area (TPSA) is 49.2 Å². The van der Waals surface area contributed by atoms with Gasteiger partial charge in [-0.1, -0.05) is 5.57 Å². The molecule has 0 aromatic carbocycles. The molecule has 0 N–H and O–H groups in total. The van der Waals surface area contributed by atoms with Crippen LogP contribution < -0.4 is 0 Å². The minimum absolute atomic E-state index is 0.213. The summed E-state index contributed by atoms with van der Waals surface area (Å²) in [5, 5.41) is 0. The summed E-state index contributed by atoms with van der Waals surface area (Å²) in [6.45, 7) is 9.93. The summed E-state index contributed by atoms with van der Waals surface area (Å²) in [6, 6.07) is 4.13. The molecule has 3 fully saturated rings. The molecule has 4 heterocycles. The number of nitrogens with zero attached hydrogens (tertiary/aromatic N) is 3. The van der Waals surface area contributed by atoms with Crippen molar-refractivity contribution in [2.75, 3.05) is 59.0 Å². The number of likely N-dealkylation sites (tertiary alicyclic amines) is 2. The Bertz CT molecular complexity index is 666. The second-order valence-electron chi connectivity index (χ2n) is 8.37. The van der Waals surface area contributed by atoms with E-state index in [0.29, 0.717) is 13.2 Å². The van der Waals surface area contributed by atoms with Crippen molar-refractivity contribution >= 4 is 12.1 Å². The Kier molecular flexibility index (Phi) is 5.55. The van der Waals surface area contributed by atoms with Gasteiger partial charge in [-0.15, -0.1) is 0 Å². The molecule has 6 heteroatoms. The maximum atomic E-state index is 12.9. The number of hydrogen-bond donors (Lipinski definition) is 0. The molecule has 0 aliphatic carbocycles. The van der Waals surface area contributed by atoms with Gasteiger partial charge in [0.25, 0.3) is 0 Å². The lowest BCUT2D eigenvalue weighted by Crippen LogP contribution is -2.54. The molecule has 3 saturated heterocycles. The Balaban J connectivity index is 1.34. The zero-order chi connectivity index (χ0) is 18.7. The molecule has 3 aliphatic rings. The molecule has 1 spiro atoms. The van der Waals surface area contributed by atoms with Crippen molar-refractivity contribution in [2.45, 2.75) is 26.2 Å². The number of urea groups is 1. The fraction of sp³-hybridized carbons (Fsp3) is 0.667. The first-order valence-electron chi connectivity index (χ1n) is 10.2. The fourth-order valence-corrected chi connectivity index (χ4v) is 4.84. The Morgan fingerprint density at radius 1 is 1.15 bits per heavy atom. The molecule has 0 bridgehead atoms. The zero-order valence-corrected chi connectivity index (χ0v) is 16.4. The van der Waals surface area contributed by atoms with E-state index < -0.39 is 0 Å². The first-order valence-corrected chi connectivity index (χ1v) is 10.2. The van der Waals surface area contributed by atoms with Crippen LogP contribution in [0.5, 0.6) is 0 Å². The van der Waals surface area contributed by atoms with Gasteiger partial charge in [-0.25, -0.2) is 4.79 Å². The van der Waals surface area contributed by atoms with Crippen LogP contribution in [0.25, 0.3) is 6.08 Å².